The second kappa shape index (κ2) is 12.3. The van der Waals surface area contributed by atoms with Crippen LogP contribution in [0.1, 0.15) is 91.4 Å². The molecule has 0 amide bonds. The molecule has 0 aliphatic rings. The van der Waals surface area contributed by atoms with E-state index in [0.29, 0.717) is 19.3 Å². The number of rotatable bonds is 16. The molecule has 0 aliphatic heterocycles. The Hall–Kier alpha value is -1.15. The third-order valence-corrected chi connectivity index (χ3v) is 6.34. The van der Waals surface area contributed by atoms with E-state index in [1.807, 2.05) is 13.8 Å². The molecule has 3 N–H and O–H groups in total. The topological polar surface area (TPSA) is 129 Å². The first-order valence-electron chi connectivity index (χ1n) is 9.91. The predicted molar refractivity (Wildman–Crippen MR) is 104 cm³/mol. The van der Waals surface area contributed by atoms with Gasteiger partial charge in [0, 0.05) is 0 Å². The van der Waals surface area contributed by atoms with Crippen LogP contribution in [0.3, 0.4) is 0 Å². The maximum absolute atomic E-state index is 12.0. The van der Waals surface area contributed by atoms with Gasteiger partial charge in [0.15, 0.2) is 5.25 Å². The summed E-state index contributed by atoms with van der Waals surface area (Å²) in [5.41, 5.74) is -2.02. The maximum atomic E-state index is 12.0. The van der Waals surface area contributed by atoms with Gasteiger partial charge in [-0.15, -0.1) is 0 Å². The zero-order chi connectivity index (χ0) is 21.1. The lowest BCUT2D eigenvalue weighted by Gasteiger charge is -2.33. The van der Waals surface area contributed by atoms with E-state index in [9.17, 15) is 32.8 Å². The summed E-state index contributed by atoms with van der Waals surface area (Å²) in [5.74, 6) is -3.21. The molecule has 0 aliphatic carbocycles. The standard InChI is InChI=1S/C19H36O7S/c1-4-5-6-7-8-9-10-11-13-19(18(22)23,14-12-15(2)3)16(17(20)21)27(24,25)26/h15-16H,4-14H2,1-3H3,(H,20,21)(H,22,23)(H,24,25,26). The molecule has 7 nitrogen and oxygen atoms in total. The van der Waals surface area contributed by atoms with Crippen molar-refractivity contribution in [2.45, 2.75) is 96.7 Å². The minimum Gasteiger partial charge on any atom is -0.481 e. The Morgan fingerprint density at radius 1 is 0.889 bits per heavy atom. The number of aliphatic carboxylic acids is 2. The Morgan fingerprint density at radius 3 is 1.74 bits per heavy atom. The minimum atomic E-state index is -5.05. The van der Waals surface area contributed by atoms with E-state index in [4.69, 9.17) is 0 Å². The van der Waals surface area contributed by atoms with E-state index < -0.39 is 32.7 Å². The molecule has 27 heavy (non-hydrogen) atoms. The Balaban J connectivity index is 5.22. The molecule has 0 bridgehead atoms. The van der Waals surface area contributed by atoms with Crippen molar-refractivity contribution >= 4 is 22.1 Å². The Bertz CT molecular complexity index is 556. The predicted octanol–water partition coefficient (Wildman–Crippen LogP) is 4.37. The van der Waals surface area contributed by atoms with Crippen LogP contribution >= 0.6 is 0 Å². The summed E-state index contributed by atoms with van der Waals surface area (Å²) in [7, 11) is -5.05. The molecule has 0 fully saturated rings. The molecule has 0 saturated carbocycles. The number of carboxylic acid groups (broad SMARTS) is 2. The van der Waals surface area contributed by atoms with Crippen LogP contribution in [0.15, 0.2) is 0 Å². The summed E-state index contributed by atoms with van der Waals surface area (Å²) in [5, 5.41) is 16.8. The molecule has 2 atom stereocenters. The molecule has 0 aromatic carbocycles. The Morgan fingerprint density at radius 2 is 1.37 bits per heavy atom. The molecule has 0 heterocycles. The van der Waals surface area contributed by atoms with Crippen LogP contribution in [-0.2, 0) is 19.7 Å². The molecule has 0 radical (unpaired) electrons. The number of hydrogen-bond donors (Lipinski definition) is 3. The Labute approximate surface area is 163 Å². The van der Waals surface area contributed by atoms with Gasteiger partial charge in [0.05, 0.1) is 5.41 Å². The zero-order valence-electron chi connectivity index (χ0n) is 16.8. The third kappa shape index (κ3) is 9.06. The fourth-order valence-electron chi connectivity index (χ4n) is 3.48. The molecular weight excluding hydrogens is 372 g/mol. The minimum absolute atomic E-state index is 0.0816. The average Bonchev–Trinajstić information content (AvgIpc) is 2.52. The highest BCUT2D eigenvalue weighted by atomic mass is 32.2. The van der Waals surface area contributed by atoms with Crippen molar-refractivity contribution in [3.05, 3.63) is 0 Å². The van der Waals surface area contributed by atoms with Gasteiger partial charge in [-0.25, -0.2) is 0 Å². The van der Waals surface area contributed by atoms with Gasteiger partial charge in [0.2, 0.25) is 0 Å². The summed E-state index contributed by atoms with van der Waals surface area (Å²) < 4.78 is 32.9. The lowest BCUT2D eigenvalue weighted by Crippen LogP contribution is -2.51. The van der Waals surface area contributed by atoms with Gasteiger partial charge in [-0.3, -0.25) is 14.1 Å². The van der Waals surface area contributed by atoms with Gasteiger partial charge in [-0.05, 0) is 25.2 Å². The number of hydrogen-bond acceptors (Lipinski definition) is 4. The van der Waals surface area contributed by atoms with Gasteiger partial charge in [0.25, 0.3) is 10.1 Å². The first kappa shape index (κ1) is 25.9. The molecule has 0 rings (SSSR count). The van der Waals surface area contributed by atoms with Crippen LogP contribution < -0.4 is 0 Å². The summed E-state index contributed by atoms with van der Waals surface area (Å²) >= 11 is 0. The Kier molecular flexibility index (Phi) is 11.8. The van der Waals surface area contributed by atoms with Crippen LogP contribution in [0.2, 0.25) is 0 Å². The zero-order valence-corrected chi connectivity index (χ0v) is 17.6. The van der Waals surface area contributed by atoms with E-state index in [2.05, 4.69) is 6.92 Å². The number of carboxylic acids is 2. The second-order valence-electron chi connectivity index (χ2n) is 7.85. The normalized spacial score (nSPS) is 15.4. The van der Waals surface area contributed by atoms with Gasteiger partial charge >= 0.3 is 11.9 Å². The maximum Gasteiger partial charge on any atom is 0.325 e. The summed E-state index contributed by atoms with van der Waals surface area (Å²) in [6, 6.07) is 0. The van der Waals surface area contributed by atoms with Crippen LogP contribution in [0.4, 0.5) is 0 Å². The van der Waals surface area contributed by atoms with Crippen molar-refractivity contribution in [3.63, 3.8) is 0 Å². The fraction of sp³-hybridized carbons (Fsp3) is 0.895. The molecular formula is C19H36O7S. The van der Waals surface area contributed by atoms with Gasteiger partial charge in [0.1, 0.15) is 0 Å². The van der Waals surface area contributed by atoms with Crippen LogP contribution in [-0.4, -0.2) is 40.4 Å². The number of carbonyl (C=O) groups is 2. The van der Waals surface area contributed by atoms with Gasteiger partial charge < -0.3 is 10.2 Å². The smallest absolute Gasteiger partial charge is 0.325 e. The van der Waals surface area contributed by atoms with Crippen LogP contribution in [0.5, 0.6) is 0 Å². The van der Waals surface area contributed by atoms with Crippen molar-refractivity contribution in [1.82, 2.24) is 0 Å². The van der Waals surface area contributed by atoms with Gasteiger partial charge in [-0.1, -0.05) is 72.1 Å². The molecule has 8 heteroatoms. The first-order valence-corrected chi connectivity index (χ1v) is 11.4. The molecule has 2 unspecified atom stereocenters. The largest absolute Gasteiger partial charge is 0.481 e. The van der Waals surface area contributed by atoms with E-state index in [1.54, 1.807) is 0 Å². The first-order chi connectivity index (χ1) is 12.5. The molecule has 160 valence electrons. The van der Waals surface area contributed by atoms with Gasteiger partial charge in [-0.2, -0.15) is 8.42 Å². The van der Waals surface area contributed by atoms with Crippen molar-refractivity contribution in [1.29, 1.82) is 0 Å². The summed E-state index contributed by atoms with van der Waals surface area (Å²) in [6.07, 6.45) is 7.83. The highest BCUT2D eigenvalue weighted by Crippen LogP contribution is 2.39. The lowest BCUT2D eigenvalue weighted by molar-refractivity contribution is -0.156. The van der Waals surface area contributed by atoms with Crippen molar-refractivity contribution in [2.24, 2.45) is 11.3 Å². The highest BCUT2D eigenvalue weighted by molar-refractivity contribution is 7.87. The van der Waals surface area contributed by atoms with E-state index in [-0.39, 0.29) is 18.8 Å². The van der Waals surface area contributed by atoms with E-state index >= 15 is 0 Å². The van der Waals surface area contributed by atoms with Crippen molar-refractivity contribution < 1.29 is 32.8 Å². The monoisotopic (exact) mass is 408 g/mol. The molecule has 0 spiro atoms. The van der Waals surface area contributed by atoms with Crippen molar-refractivity contribution in [3.8, 4) is 0 Å². The third-order valence-electron chi connectivity index (χ3n) is 5.09. The lowest BCUT2D eigenvalue weighted by atomic mass is 9.74. The average molecular weight is 409 g/mol. The molecule has 0 saturated heterocycles. The highest BCUT2D eigenvalue weighted by Gasteiger charge is 2.55. The van der Waals surface area contributed by atoms with Crippen LogP contribution in [0.25, 0.3) is 0 Å². The quantitative estimate of drug-likeness (QED) is 0.255. The SMILES string of the molecule is CCCCCCCCCCC(CCC(C)C)(C(=O)O)C(C(=O)O)S(=O)(=O)O. The van der Waals surface area contributed by atoms with Crippen LogP contribution in [0, 0.1) is 11.3 Å². The molecule has 0 aromatic rings. The van der Waals surface area contributed by atoms with Crippen molar-refractivity contribution in [2.75, 3.05) is 0 Å². The van der Waals surface area contributed by atoms with E-state index in [0.717, 1.165) is 32.1 Å². The second-order valence-corrected chi connectivity index (χ2v) is 9.35. The molecule has 0 aromatic heterocycles. The van der Waals surface area contributed by atoms with E-state index in [1.165, 1.54) is 6.42 Å². The summed E-state index contributed by atoms with van der Waals surface area (Å²) in [4.78, 5) is 23.6. The number of unbranched alkanes of at least 4 members (excludes halogenated alkanes) is 7. The summed E-state index contributed by atoms with van der Waals surface area (Å²) in [6.45, 7) is 5.84. The fourth-order valence-corrected chi connectivity index (χ4v) is 4.64.